The van der Waals surface area contributed by atoms with Gasteiger partial charge in [0.15, 0.2) is 0 Å². The summed E-state index contributed by atoms with van der Waals surface area (Å²) in [5, 5.41) is 0.746. The van der Waals surface area contributed by atoms with Crippen LogP contribution in [-0.2, 0) is 14.3 Å². The summed E-state index contributed by atoms with van der Waals surface area (Å²) >= 11 is 12.0. The fourth-order valence-electron chi connectivity index (χ4n) is 3.55. The van der Waals surface area contributed by atoms with Gasteiger partial charge in [0.05, 0.1) is 34.3 Å². The molecule has 0 spiro atoms. The number of anilines is 1. The largest absolute Gasteiger partial charge is 0.362 e. The van der Waals surface area contributed by atoms with E-state index in [0.717, 1.165) is 0 Å². The molecule has 0 N–H and O–H groups in total. The molecule has 2 fully saturated rings. The molecule has 0 radical (unpaired) electrons. The van der Waals surface area contributed by atoms with Crippen LogP contribution in [0.15, 0.2) is 30.4 Å². The van der Waals surface area contributed by atoms with Crippen LogP contribution in [0.25, 0.3) is 0 Å². The van der Waals surface area contributed by atoms with Crippen LogP contribution in [0.2, 0.25) is 10.0 Å². The zero-order chi connectivity index (χ0) is 14.9. The Bertz CT molecular complexity index is 717. The van der Waals surface area contributed by atoms with Crippen LogP contribution in [-0.4, -0.2) is 23.5 Å². The molecule has 3 aliphatic rings. The van der Waals surface area contributed by atoms with Crippen molar-refractivity contribution in [3.8, 4) is 0 Å². The van der Waals surface area contributed by atoms with E-state index in [0.29, 0.717) is 10.7 Å². The number of amides is 2. The van der Waals surface area contributed by atoms with Crippen LogP contribution in [0.1, 0.15) is 6.92 Å². The lowest BCUT2D eigenvalue weighted by Gasteiger charge is -2.24. The fraction of sp³-hybridized carbons (Fsp3) is 0.333. The van der Waals surface area contributed by atoms with Crippen molar-refractivity contribution in [2.45, 2.75) is 18.6 Å². The molecule has 3 heterocycles. The first-order valence-corrected chi connectivity index (χ1v) is 7.38. The number of carbonyl (C=O) groups is 2. The Hall–Kier alpha value is -1.36. The van der Waals surface area contributed by atoms with Crippen molar-refractivity contribution in [2.24, 2.45) is 11.8 Å². The van der Waals surface area contributed by atoms with E-state index >= 15 is 0 Å². The van der Waals surface area contributed by atoms with E-state index in [1.165, 1.54) is 11.0 Å². The quantitative estimate of drug-likeness (QED) is 0.589. The van der Waals surface area contributed by atoms with Gasteiger partial charge in [-0.15, -0.1) is 0 Å². The van der Waals surface area contributed by atoms with Crippen molar-refractivity contribution in [1.29, 1.82) is 0 Å². The summed E-state index contributed by atoms with van der Waals surface area (Å²) in [6.45, 7) is 1.84. The molecule has 21 heavy (non-hydrogen) atoms. The molecule has 1 aromatic rings. The molecule has 1 aromatic carbocycles. The minimum Gasteiger partial charge on any atom is -0.362 e. The first kappa shape index (κ1) is 13.3. The average Bonchev–Trinajstić information content (AvgIpc) is 3.01. The number of hydrogen-bond acceptors (Lipinski definition) is 3. The smallest absolute Gasteiger partial charge is 0.241 e. The first-order valence-electron chi connectivity index (χ1n) is 6.62. The van der Waals surface area contributed by atoms with Crippen molar-refractivity contribution < 1.29 is 14.3 Å². The summed E-state index contributed by atoms with van der Waals surface area (Å²) in [4.78, 5) is 26.6. The number of halogens is 2. The number of ether oxygens (including phenoxy) is 1. The van der Waals surface area contributed by atoms with E-state index in [1.807, 2.05) is 19.1 Å². The minimum absolute atomic E-state index is 0.257. The Balaban J connectivity index is 1.80. The molecule has 2 amide bonds. The number of hydrogen-bond donors (Lipinski definition) is 0. The molecule has 0 saturated carbocycles. The van der Waals surface area contributed by atoms with Crippen molar-refractivity contribution in [2.75, 3.05) is 4.90 Å². The lowest BCUT2D eigenvalue weighted by Crippen LogP contribution is -2.38. The normalized spacial score (nSPS) is 36.7. The second kappa shape index (κ2) is 4.09. The zero-order valence-corrected chi connectivity index (χ0v) is 12.6. The van der Waals surface area contributed by atoms with Crippen molar-refractivity contribution in [3.63, 3.8) is 0 Å². The van der Waals surface area contributed by atoms with Crippen LogP contribution in [0.4, 0.5) is 5.69 Å². The summed E-state index contributed by atoms with van der Waals surface area (Å²) in [5.41, 5.74) is -0.316. The van der Waals surface area contributed by atoms with Crippen LogP contribution in [0.5, 0.6) is 0 Å². The predicted octanol–water partition coefficient (Wildman–Crippen LogP) is 2.83. The Morgan fingerprint density at radius 3 is 2.67 bits per heavy atom. The molecule has 4 atom stereocenters. The molecule has 0 unspecified atom stereocenters. The number of nitrogens with zero attached hydrogens (tertiary/aromatic N) is 1. The van der Waals surface area contributed by atoms with Gasteiger partial charge < -0.3 is 4.74 Å². The summed E-state index contributed by atoms with van der Waals surface area (Å²) < 4.78 is 5.77. The summed E-state index contributed by atoms with van der Waals surface area (Å²) in [6.07, 6.45) is 3.41. The van der Waals surface area contributed by atoms with E-state index in [-0.39, 0.29) is 22.9 Å². The number of benzene rings is 1. The van der Waals surface area contributed by atoms with Crippen LogP contribution in [0.3, 0.4) is 0 Å². The van der Waals surface area contributed by atoms with Gasteiger partial charge in [-0.2, -0.15) is 0 Å². The lowest BCUT2D eigenvalue weighted by atomic mass is 9.78. The SMILES string of the molecule is C[C@]12C=C[C@@H](O1)[C@@H]1C(=O)N(c3ccc(Cl)cc3Cl)C(=O)[C@@H]12. The van der Waals surface area contributed by atoms with Crippen molar-refractivity contribution in [3.05, 3.63) is 40.4 Å². The molecule has 4 nitrogen and oxygen atoms in total. The second-order valence-corrected chi connectivity index (χ2v) is 6.58. The third kappa shape index (κ3) is 1.61. The van der Waals surface area contributed by atoms with Gasteiger partial charge in [0, 0.05) is 5.02 Å². The van der Waals surface area contributed by atoms with Gasteiger partial charge in [-0.3, -0.25) is 9.59 Å². The molecular weight excluding hydrogens is 313 g/mol. The van der Waals surface area contributed by atoms with Crippen LogP contribution >= 0.6 is 23.2 Å². The third-order valence-electron chi connectivity index (χ3n) is 4.48. The average molecular weight is 324 g/mol. The van der Waals surface area contributed by atoms with Gasteiger partial charge in [-0.1, -0.05) is 35.4 Å². The van der Waals surface area contributed by atoms with Gasteiger partial charge in [0.1, 0.15) is 0 Å². The van der Waals surface area contributed by atoms with Crippen LogP contribution < -0.4 is 4.90 Å². The van der Waals surface area contributed by atoms with E-state index in [4.69, 9.17) is 27.9 Å². The number of imide groups is 1. The molecule has 108 valence electrons. The molecule has 4 rings (SSSR count). The van der Waals surface area contributed by atoms with E-state index < -0.39 is 17.4 Å². The topological polar surface area (TPSA) is 46.6 Å². The maximum Gasteiger partial charge on any atom is 0.241 e. The maximum absolute atomic E-state index is 12.7. The van der Waals surface area contributed by atoms with Gasteiger partial charge in [-0.05, 0) is 25.1 Å². The number of fused-ring (bicyclic) bond motifs is 5. The Labute approximate surface area is 131 Å². The molecule has 6 heteroatoms. The maximum atomic E-state index is 12.7. The molecule has 0 aliphatic carbocycles. The summed E-state index contributed by atoms with van der Waals surface area (Å²) in [7, 11) is 0. The summed E-state index contributed by atoms with van der Waals surface area (Å²) in [5.74, 6) is -1.46. The van der Waals surface area contributed by atoms with Gasteiger partial charge in [0.25, 0.3) is 0 Å². The number of rotatable bonds is 1. The Kier molecular flexibility index (Phi) is 2.60. The van der Waals surface area contributed by atoms with E-state index in [1.54, 1.807) is 12.1 Å². The van der Waals surface area contributed by atoms with Crippen molar-refractivity contribution >= 4 is 40.7 Å². The third-order valence-corrected chi connectivity index (χ3v) is 5.02. The highest BCUT2D eigenvalue weighted by molar-refractivity contribution is 6.38. The lowest BCUT2D eigenvalue weighted by molar-refractivity contribution is -0.126. The van der Waals surface area contributed by atoms with Gasteiger partial charge in [0.2, 0.25) is 11.8 Å². The monoisotopic (exact) mass is 323 g/mol. The Morgan fingerprint density at radius 1 is 1.24 bits per heavy atom. The highest BCUT2D eigenvalue weighted by Crippen LogP contribution is 2.52. The molecular formula is C15H11Cl2NO3. The zero-order valence-electron chi connectivity index (χ0n) is 11.0. The second-order valence-electron chi connectivity index (χ2n) is 5.74. The van der Waals surface area contributed by atoms with Crippen LogP contribution in [0, 0.1) is 11.8 Å². The minimum atomic E-state index is -0.699. The fourth-order valence-corrected chi connectivity index (χ4v) is 4.05. The molecule has 2 saturated heterocycles. The predicted molar refractivity (Wildman–Crippen MR) is 78.4 cm³/mol. The highest BCUT2D eigenvalue weighted by Gasteiger charge is 2.66. The van der Waals surface area contributed by atoms with E-state index in [2.05, 4.69) is 0 Å². The summed E-state index contributed by atoms with van der Waals surface area (Å²) in [6, 6.07) is 4.74. The van der Waals surface area contributed by atoms with Gasteiger partial charge in [-0.25, -0.2) is 4.90 Å². The van der Waals surface area contributed by atoms with Crippen molar-refractivity contribution in [1.82, 2.24) is 0 Å². The Morgan fingerprint density at radius 2 is 2.00 bits per heavy atom. The van der Waals surface area contributed by atoms with E-state index in [9.17, 15) is 9.59 Å². The standard InChI is InChI=1S/C15H11Cl2NO3/c1-15-5-4-10(21-15)11-12(15)14(20)18(13(11)19)9-3-2-7(16)6-8(9)17/h2-6,10-12H,1H3/t10-,11+,12-,15-/m1/s1. The number of carbonyl (C=O) groups excluding carboxylic acids is 2. The molecule has 2 bridgehead atoms. The first-order chi connectivity index (χ1) is 9.92. The highest BCUT2D eigenvalue weighted by atomic mass is 35.5. The molecule has 0 aromatic heterocycles. The molecule has 3 aliphatic heterocycles. The van der Waals surface area contributed by atoms with Gasteiger partial charge >= 0.3 is 0 Å².